The molecule has 1 saturated carbocycles. The maximum absolute atomic E-state index is 10.4. The minimum absolute atomic E-state index is 0.395. The number of methoxy groups -OCH3 is 1. The summed E-state index contributed by atoms with van der Waals surface area (Å²) in [7, 11) is 1.68. The molecule has 0 aromatic heterocycles. The predicted octanol–water partition coefficient (Wildman–Crippen LogP) is 3.33. The molecule has 2 nitrogen and oxygen atoms in total. The van der Waals surface area contributed by atoms with E-state index in [1.165, 1.54) is 0 Å². The van der Waals surface area contributed by atoms with Gasteiger partial charge in [0.05, 0.1) is 5.60 Å². The van der Waals surface area contributed by atoms with E-state index in [1.54, 1.807) is 19.2 Å². The normalized spacial score (nSPS) is 20.9. The average molecular weight is 241 g/mol. The molecule has 2 rings (SSSR count). The highest BCUT2D eigenvalue weighted by atomic mass is 35.5. The number of benzene rings is 1. The Morgan fingerprint density at radius 3 is 2.31 bits per heavy atom. The van der Waals surface area contributed by atoms with E-state index in [9.17, 15) is 5.11 Å². The van der Waals surface area contributed by atoms with Gasteiger partial charge in [-0.1, -0.05) is 36.6 Å². The van der Waals surface area contributed by atoms with Gasteiger partial charge in [0, 0.05) is 12.1 Å². The van der Waals surface area contributed by atoms with Crippen molar-refractivity contribution in [2.45, 2.75) is 37.4 Å². The highest BCUT2D eigenvalue weighted by Crippen LogP contribution is 2.42. The molecule has 1 aromatic carbocycles. The molecule has 1 unspecified atom stereocenters. The highest BCUT2D eigenvalue weighted by Gasteiger charge is 2.41. The summed E-state index contributed by atoms with van der Waals surface area (Å²) >= 11 is 5.83. The van der Waals surface area contributed by atoms with Crippen LogP contribution in [0.3, 0.4) is 0 Å². The van der Waals surface area contributed by atoms with Crippen molar-refractivity contribution in [2.24, 2.45) is 0 Å². The monoisotopic (exact) mass is 240 g/mol. The van der Waals surface area contributed by atoms with Crippen molar-refractivity contribution in [1.82, 2.24) is 0 Å². The fourth-order valence-electron chi connectivity index (χ4n) is 2.51. The van der Waals surface area contributed by atoms with Crippen LogP contribution < -0.4 is 0 Å². The van der Waals surface area contributed by atoms with Crippen molar-refractivity contribution in [3.05, 3.63) is 34.9 Å². The SMILES string of the molecule is COC1(C(O)c2ccc(Cl)cc2)CCCC1. The molecule has 0 aliphatic heterocycles. The lowest BCUT2D eigenvalue weighted by atomic mass is 9.89. The van der Waals surface area contributed by atoms with E-state index in [0.29, 0.717) is 5.02 Å². The van der Waals surface area contributed by atoms with E-state index < -0.39 is 11.7 Å². The number of hydrogen-bond donors (Lipinski definition) is 1. The quantitative estimate of drug-likeness (QED) is 0.878. The van der Waals surface area contributed by atoms with Crippen molar-refractivity contribution in [1.29, 1.82) is 0 Å². The van der Waals surface area contributed by atoms with Gasteiger partial charge < -0.3 is 9.84 Å². The van der Waals surface area contributed by atoms with Crippen molar-refractivity contribution in [2.75, 3.05) is 7.11 Å². The van der Waals surface area contributed by atoms with Crippen LogP contribution in [0.15, 0.2) is 24.3 Å². The third-order valence-electron chi connectivity index (χ3n) is 3.54. The first-order valence-electron chi connectivity index (χ1n) is 5.67. The average Bonchev–Trinajstić information content (AvgIpc) is 2.79. The summed E-state index contributed by atoms with van der Waals surface area (Å²) in [5.74, 6) is 0. The summed E-state index contributed by atoms with van der Waals surface area (Å²) in [6.45, 7) is 0. The molecule has 1 atom stereocenters. The van der Waals surface area contributed by atoms with Crippen molar-refractivity contribution < 1.29 is 9.84 Å². The molecule has 1 aliphatic carbocycles. The van der Waals surface area contributed by atoms with Crippen molar-refractivity contribution in [3.63, 3.8) is 0 Å². The zero-order chi connectivity index (χ0) is 11.6. The Bertz CT molecular complexity index is 341. The Morgan fingerprint density at radius 1 is 1.25 bits per heavy atom. The van der Waals surface area contributed by atoms with E-state index in [2.05, 4.69) is 0 Å². The summed E-state index contributed by atoms with van der Waals surface area (Å²) in [6, 6.07) is 7.34. The fourth-order valence-corrected chi connectivity index (χ4v) is 2.64. The summed E-state index contributed by atoms with van der Waals surface area (Å²) in [6.07, 6.45) is 3.54. The second kappa shape index (κ2) is 4.74. The van der Waals surface area contributed by atoms with Gasteiger partial charge >= 0.3 is 0 Å². The number of hydrogen-bond acceptors (Lipinski definition) is 2. The van der Waals surface area contributed by atoms with E-state index in [0.717, 1.165) is 31.2 Å². The van der Waals surface area contributed by atoms with Gasteiger partial charge in [0.1, 0.15) is 6.10 Å². The number of halogens is 1. The Morgan fingerprint density at radius 2 is 1.81 bits per heavy atom. The Kier molecular flexibility index (Phi) is 3.53. The van der Waals surface area contributed by atoms with Crippen LogP contribution in [0.25, 0.3) is 0 Å². The molecule has 1 N–H and O–H groups in total. The predicted molar refractivity (Wildman–Crippen MR) is 64.6 cm³/mol. The Hall–Kier alpha value is -0.570. The lowest BCUT2D eigenvalue weighted by Crippen LogP contribution is -2.35. The summed E-state index contributed by atoms with van der Waals surface area (Å²) < 4.78 is 5.56. The molecule has 3 heteroatoms. The fraction of sp³-hybridized carbons (Fsp3) is 0.538. The largest absolute Gasteiger partial charge is 0.385 e. The molecular weight excluding hydrogens is 224 g/mol. The van der Waals surface area contributed by atoms with Gasteiger partial charge in [-0.05, 0) is 30.5 Å². The maximum atomic E-state index is 10.4. The molecule has 0 saturated heterocycles. The minimum atomic E-state index is -0.558. The van der Waals surface area contributed by atoms with Gasteiger partial charge in [0.15, 0.2) is 0 Å². The van der Waals surface area contributed by atoms with E-state index in [-0.39, 0.29) is 0 Å². The highest BCUT2D eigenvalue weighted by molar-refractivity contribution is 6.30. The van der Waals surface area contributed by atoms with Crippen LogP contribution in [-0.4, -0.2) is 17.8 Å². The van der Waals surface area contributed by atoms with Gasteiger partial charge in [-0.15, -0.1) is 0 Å². The molecular formula is C13H17ClO2. The third-order valence-corrected chi connectivity index (χ3v) is 3.79. The first kappa shape index (κ1) is 11.9. The molecule has 1 aromatic rings. The first-order valence-corrected chi connectivity index (χ1v) is 6.04. The maximum Gasteiger partial charge on any atom is 0.108 e. The lowest BCUT2D eigenvalue weighted by Gasteiger charge is -2.33. The summed E-state index contributed by atoms with van der Waals surface area (Å²) in [5.41, 5.74) is 0.488. The smallest absolute Gasteiger partial charge is 0.108 e. The third kappa shape index (κ3) is 2.10. The molecule has 0 radical (unpaired) electrons. The molecule has 0 heterocycles. The zero-order valence-corrected chi connectivity index (χ0v) is 10.2. The van der Waals surface area contributed by atoms with E-state index in [1.807, 2.05) is 12.1 Å². The second-order valence-electron chi connectivity index (χ2n) is 4.43. The van der Waals surface area contributed by atoms with Crippen LogP contribution >= 0.6 is 11.6 Å². The van der Waals surface area contributed by atoms with Crippen LogP contribution in [0.1, 0.15) is 37.4 Å². The van der Waals surface area contributed by atoms with Gasteiger partial charge in [-0.25, -0.2) is 0 Å². The first-order chi connectivity index (χ1) is 7.68. The van der Waals surface area contributed by atoms with Crippen LogP contribution in [0.5, 0.6) is 0 Å². The Labute approximate surface area is 101 Å². The Balaban J connectivity index is 2.23. The molecule has 0 spiro atoms. The zero-order valence-electron chi connectivity index (χ0n) is 9.45. The number of rotatable bonds is 3. The summed E-state index contributed by atoms with van der Waals surface area (Å²) in [5, 5.41) is 11.1. The van der Waals surface area contributed by atoms with Crippen molar-refractivity contribution >= 4 is 11.6 Å². The van der Waals surface area contributed by atoms with Crippen LogP contribution in [0.2, 0.25) is 5.02 Å². The van der Waals surface area contributed by atoms with E-state index >= 15 is 0 Å². The van der Waals surface area contributed by atoms with Crippen LogP contribution in [0.4, 0.5) is 0 Å². The van der Waals surface area contributed by atoms with Gasteiger partial charge in [-0.2, -0.15) is 0 Å². The molecule has 0 bridgehead atoms. The molecule has 88 valence electrons. The number of aliphatic hydroxyl groups excluding tert-OH is 1. The van der Waals surface area contributed by atoms with Gasteiger partial charge in [0.25, 0.3) is 0 Å². The van der Waals surface area contributed by atoms with Crippen molar-refractivity contribution in [3.8, 4) is 0 Å². The summed E-state index contributed by atoms with van der Waals surface area (Å²) in [4.78, 5) is 0. The molecule has 16 heavy (non-hydrogen) atoms. The lowest BCUT2D eigenvalue weighted by molar-refractivity contribution is -0.100. The topological polar surface area (TPSA) is 29.5 Å². The molecule has 1 aliphatic rings. The number of ether oxygens (including phenoxy) is 1. The number of aliphatic hydroxyl groups is 1. The van der Waals surface area contributed by atoms with Crippen LogP contribution in [-0.2, 0) is 4.74 Å². The standard InChI is InChI=1S/C13H17ClO2/c1-16-13(8-2-3-9-13)12(15)10-4-6-11(14)7-5-10/h4-7,12,15H,2-3,8-9H2,1H3. The van der Waals surface area contributed by atoms with Gasteiger partial charge in [-0.3, -0.25) is 0 Å². The van der Waals surface area contributed by atoms with E-state index in [4.69, 9.17) is 16.3 Å². The van der Waals surface area contributed by atoms with Crippen LogP contribution in [0, 0.1) is 0 Å². The molecule has 1 fully saturated rings. The minimum Gasteiger partial charge on any atom is -0.385 e. The second-order valence-corrected chi connectivity index (χ2v) is 4.87. The molecule has 0 amide bonds. The van der Waals surface area contributed by atoms with Gasteiger partial charge in [0.2, 0.25) is 0 Å².